The fraction of sp³-hybridized carbons (Fsp3) is 0.222. The van der Waals surface area contributed by atoms with E-state index in [1.54, 1.807) is 62.4 Å². The normalized spacial score (nSPS) is 12.0. The van der Waals surface area contributed by atoms with Gasteiger partial charge in [0, 0.05) is 5.56 Å². The maximum Gasteiger partial charge on any atom is 0.369 e. The summed E-state index contributed by atoms with van der Waals surface area (Å²) in [5, 5.41) is 4.15. The maximum absolute atomic E-state index is 14.2. The molecule has 8 nitrogen and oxygen atoms in total. The smallest absolute Gasteiger partial charge is 0.336 e. The highest BCUT2D eigenvalue weighted by Gasteiger charge is 2.42. The van der Waals surface area contributed by atoms with E-state index in [1.807, 2.05) is 31.2 Å². The zero-order valence-corrected chi connectivity index (χ0v) is 22.6. The molecule has 194 valence electrons. The Hall–Kier alpha value is -3.23. The van der Waals surface area contributed by atoms with Crippen LogP contribution in [0.1, 0.15) is 25.0 Å². The Morgan fingerprint density at radius 3 is 2.00 bits per heavy atom. The van der Waals surface area contributed by atoms with E-state index in [9.17, 15) is 13.0 Å². The van der Waals surface area contributed by atoms with Gasteiger partial charge < -0.3 is 13.6 Å². The molecule has 0 fully saturated rings. The van der Waals surface area contributed by atoms with E-state index in [1.165, 1.54) is 12.1 Å². The topological polar surface area (TPSA) is 98.9 Å². The van der Waals surface area contributed by atoms with Gasteiger partial charge in [0.1, 0.15) is 5.69 Å². The highest BCUT2D eigenvalue weighted by molar-refractivity contribution is 7.92. The Morgan fingerprint density at radius 1 is 0.865 bits per heavy atom. The van der Waals surface area contributed by atoms with Crippen molar-refractivity contribution in [2.75, 3.05) is 17.5 Å². The first-order chi connectivity index (χ1) is 17.8. The lowest BCUT2D eigenvalue weighted by atomic mass is 10.1. The molecule has 10 heteroatoms. The molecule has 0 N–H and O–H groups in total. The largest absolute Gasteiger partial charge is 0.369 e. The first-order valence-electron chi connectivity index (χ1n) is 11.9. The number of hydrogen-bond acceptors (Lipinski definition) is 7. The Labute approximate surface area is 217 Å². The van der Waals surface area contributed by atoms with Gasteiger partial charge in [-0.25, -0.2) is 12.7 Å². The Kier molecular flexibility index (Phi) is 8.29. The molecule has 0 aliphatic carbocycles. The summed E-state index contributed by atoms with van der Waals surface area (Å²) < 4.78 is 60.4. The third kappa shape index (κ3) is 5.70. The number of hydrogen-bond donors (Lipinski definition) is 0. The number of anilines is 1. The van der Waals surface area contributed by atoms with Crippen LogP contribution in [-0.2, 0) is 30.2 Å². The van der Waals surface area contributed by atoms with Gasteiger partial charge >= 0.3 is 7.60 Å². The number of aryl methyl sites for hydroxylation is 1. The van der Waals surface area contributed by atoms with Crippen molar-refractivity contribution >= 4 is 28.8 Å². The quantitative estimate of drug-likeness (QED) is 0.217. The molecule has 37 heavy (non-hydrogen) atoms. The van der Waals surface area contributed by atoms with E-state index in [2.05, 4.69) is 5.16 Å². The molecule has 0 bridgehead atoms. The van der Waals surface area contributed by atoms with Gasteiger partial charge in [-0.2, -0.15) is 0 Å². The average molecular weight is 541 g/mol. The van der Waals surface area contributed by atoms with E-state index in [0.717, 1.165) is 9.87 Å². The van der Waals surface area contributed by atoms with Crippen molar-refractivity contribution < 1.29 is 26.6 Å². The lowest BCUT2D eigenvalue weighted by molar-refractivity contribution is 0.230. The summed E-state index contributed by atoms with van der Waals surface area (Å²) in [7, 11) is -8.24. The van der Waals surface area contributed by atoms with Gasteiger partial charge in [0.05, 0.1) is 24.7 Å². The van der Waals surface area contributed by atoms with Crippen molar-refractivity contribution in [1.29, 1.82) is 0 Å². The lowest BCUT2D eigenvalue weighted by Gasteiger charge is -2.25. The minimum absolute atomic E-state index is 0.0333. The van der Waals surface area contributed by atoms with Gasteiger partial charge in [0.2, 0.25) is 0 Å². The van der Waals surface area contributed by atoms with Gasteiger partial charge in [-0.05, 0) is 38.5 Å². The van der Waals surface area contributed by atoms with Gasteiger partial charge in [0.25, 0.3) is 15.9 Å². The lowest BCUT2D eigenvalue weighted by Crippen LogP contribution is -2.34. The third-order valence-corrected chi connectivity index (χ3v) is 9.46. The fourth-order valence-electron chi connectivity index (χ4n) is 3.83. The summed E-state index contributed by atoms with van der Waals surface area (Å²) in [6.45, 7) is 5.29. The molecule has 0 aliphatic rings. The SMILES string of the molecule is CCOP(=O)(OCC)c1c(-c2ccccc2)noc1N(Cc1ccccc1)S(=O)(=O)c1ccc(C)cc1. The molecular formula is C27H29N2O6PS. The van der Waals surface area contributed by atoms with E-state index in [-0.39, 0.29) is 41.5 Å². The number of nitrogens with zero attached hydrogens (tertiary/aromatic N) is 2. The monoisotopic (exact) mass is 540 g/mol. The second kappa shape index (κ2) is 11.4. The highest BCUT2D eigenvalue weighted by Crippen LogP contribution is 2.52. The Morgan fingerprint density at radius 2 is 1.43 bits per heavy atom. The number of sulfonamides is 1. The first kappa shape index (κ1) is 26.8. The third-order valence-electron chi connectivity index (χ3n) is 5.57. The minimum Gasteiger partial charge on any atom is -0.336 e. The molecule has 0 amide bonds. The van der Waals surface area contributed by atoms with Crippen LogP contribution in [-0.4, -0.2) is 26.8 Å². The van der Waals surface area contributed by atoms with Gasteiger partial charge in [-0.1, -0.05) is 83.5 Å². The second-order valence-corrected chi connectivity index (χ2v) is 12.0. The summed E-state index contributed by atoms with van der Waals surface area (Å²) in [5.74, 6) is -0.214. The van der Waals surface area contributed by atoms with Gasteiger partial charge in [-0.3, -0.25) is 4.57 Å². The van der Waals surface area contributed by atoms with Crippen molar-refractivity contribution in [3.05, 3.63) is 96.1 Å². The highest BCUT2D eigenvalue weighted by atomic mass is 32.2. The van der Waals surface area contributed by atoms with Crippen molar-refractivity contribution in [3.63, 3.8) is 0 Å². The predicted octanol–water partition coefficient (Wildman–Crippen LogP) is 5.94. The summed E-state index contributed by atoms with van der Waals surface area (Å²) in [6.07, 6.45) is 0. The van der Waals surface area contributed by atoms with Crippen LogP contribution < -0.4 is 9.61 Å². The van der Waals surface area contributed by atoms with Crippen LogP contribution in [0, 0.1) is 6.92 Å². The van der Waals surface area contributed by atoms with Crippen LogP contribution in [0.4, 0.5) is 5.88 Å². The van der Waals surface area contributed by atoms with Crippen LogP contribution in [0.15, 0.2) is 94.3 Å². The number of rotatable bonds is 11. The van der Waals surface area contributed by atoms with E-state index in [0.29, 0.717) is 11.1 Å². The van der Waals surface area contributed by atoms with Crippen molar-refractivity contribution in [1.82, 2.24) is 5.16 Å². The zero-order valence-electron chi connectivity index (χ0n) is 20.9. The zero-order chi connectivity index (χ0) is 26.5. The van der Waals surface area contributed by atoms with Crippen molar-refractivity contribution in [2.45, 2.75) is 32.2 Å². The van der Waals surface area contributed by atoms with Gasteiger partial charge in [0.15, 0.2) is 5.30 Å². The van der Waals surface area contributed by atoms with E-state index in [4.69, 9.17) is 13.6 Å². The molecule has 0 spiro atoms. The first-order valence-corrected chi connectivity index (χ1v) is 14.9. The van der Waals surface area contributed by atoms with Crippen LogP contribution in [0.5, 0.6) is 0 Å². The summed E-state index contributed by atoms with van der Waals surface area (Å²) in [5.41, 5.74) is 2.39. The van der Waals surface area contributed by atoms with Crippen LogP contribution in [0.25, 0.3) is 11.3 Å². The average Bonchev–Trinajstić information content (AvgIpc) is 3.34. The molecule has 0 atom stereocenters. The van der Waals surface area contributed by atoms with E-state index < -0.39 is 17.6 Å². The molecule has 0 radical (unpaired) electrons. The Balaban J connectivity index is 1.99. The molecule has 4 rings (SSSR count). The number of benzene rings is 3. The molecular weight excluding hydrogens is 511 g/mol. The van der Waals surface area contributed by atoms with E-state index >= 15 is 0 Å². The fourth-order valence-corrected chi connectivity index (χ4v) is 7.13. The Bertz CT molecular complexity index is 1460. The maximum atomic E-state index is 14.2. The summed E-state index contributed by atoms with van der Waals surface area (Å²) in [4.78, 5) is 0.0558. The summed E-state index contributed by atoms with van der Waals surface area (Å²) in [6, 6.07) is 24.5. The second-order valence-electron chi connectivity index (χ2n) is 8.19. The summed E-state index contributed by atoms with van der Waals surface area (Å²) >= 11 is 0. The number of aromatic nitrogens is 1. The molecule has 1 aromatic heterocycles. The molecule has 0 saturated carbocycles. The van der Waals surface area contributed by atoms with Crippen molar-refractivity contribution in [2.24, 2.45) is 0 Å². The standard InChI is InChI=1S/C27H29N2O6PS/c1-4-33-36(30,34-5-2)26-25(23-14-10-7-11-15-23)28-35-27(26)29(20-22-12-8-6-9-13-22)37(31,32)24-18-16-21(3)17-19-24/h6-19H,4-5,20H2,1-3H3. The van der Waals surface area contributed by atoms with Gasteiger partial charge in [-0.15, -0.1) is 0 Å². The molecule has 3 aromatic carbocycles. The predicted molar refractivity (Wildman–Crippen MR) is 143 cm³/mol. The molecule has 4 aromatic rings. The molecule has 0 aliphatic heterocycles. The van der Waals surface area contributed by atoms with Crippen LogP contribution >= 0.6 is 7.60 Å². The minimum atomic E-state index is -4.18. The molecule has 1 heterocycles. The van der Waals surface area contributed by atoms with Crippen LogP contribution in [0.2, 0.25) is 0 Å². The molecule has 0 unspecified atom stereocenters. The van der Waals surface area contributed by atoms with Crippen molar-refractivity contribution in [3.8, 4) is 11.3 Å². The molecule has 0 saturated heterocycles. The van der Waals surface area contributed by atoms with Crippen LogP contribution in [0.3, 0.4) is 0 Å².